The van der Waals surface area contributed by atoms with Crippen LogP contribution < -0.4 is 11.1 Å². The lowest BCUT2D eigenvalue weighted by molar-refractivity contribution is -0.137. The summed E-state index contributed by atoms with van der Waals surface area (Å²) in [5.74, 6) is -1.05. The second-order valence-electron chi connectivity index (χ2n) is 5.67. The minimum Gasteiger partial charge on any atom is -0.480 e. The van der Waals surface area contributed by atoms with Gasteiger partial charge in [0.05, 0.1) is 6.61 Å². The molecule has 12 heteroatoms. The highest BCUT2D eigenvalue weighted by atomic mass is 16.6. The lowest BCUT2D eigenvalue weighted by atomic mass is 10.1. The molecule has 1 unspecified atom stereocenters. The van der Waals surface area contributed by atoms with Gasteiger partial charge in [0.1, 0.15) is 30.7 Å². The van der Waals surface area contributed by atoms with Gasteiger partial charge in [-0.25, -0.2) is 15.0 Å². The van der Waals surface area contributed by atoms with E-state index in [-0.39, 0.29) is 22.9 Å². The molecule has 1 aliphatic rings. The van der Waals surface area contributed by atoms with Crippen LogP contribution in [-0.2, 0) is 9.53 Å². The fourth-order valence-corrected chi connectivity index (χ4v) is 2.62. The van der Waals surface area contributed by atoms with Gasteiger partial charge in [-0.3, -0.25) is 9.36 Å². The zero-order valence-electron chi connectivity index (χ0n) is 13.1. The maximum absolute atomic E-state index is 11.1. The molecular formula is C13H18N6O6. The van der Waals surface area contributed by atoms with Crippen LogP contribution in [0.25, 0.3) is 11.2 Å². The number of aromatic nitrogens is 4. The van der Waals surface area contributed by atoms with Crippen LogP contribution >= 0.6 is 0 Å². The number of aliphatic hydroxyl groups is 3. The smallest absolute Gasteiger partial charge is 0.325 e. The molecule has 2 aromatic rings. The molecule has 12 nitrogen and oxygen atoms in total. The largest absolute Gasteiger partial charge is 0.480 e. The first kappa shape index (κ1) is 17.3. The molecule has 7 N–H and O–H groups in total. The molecular weight excluding hydrogens is 336 g/mol. The van der Waals surface area contributed by atoms with E-state index in [1.54, 1.807) is 0 Å². The number of imidazole rings is 1. The molecule has 3 rings (SSSR count). The number of aliphatic carboxylic acids is 1. The first-order chi connectivity index (χ1) is 11.8. The third-order valence-corrected chi connectivity index (χ3v) is 3.99. The van der Waals surface area contributed by atoms with E-state index >= 15 is 0 Å². The van der Waals surface area contributed by atoms with Crippen molar-refractivity contribution in [2.24, 2.45) is 0 Å². The number of ether oxygens (including phenoxy) is 1. The van der Waals surface area contributed by atoms with Crippen molar-refractivity contribution >= 4 is 28.9 Å². The second-order valence-corrected chi connectivity index (χ2v) is 5.67. The molecule has 0 spiro atoms. The fraction of sp³-hybridized carbons (Fsp3) is 0.538. The molecule has 1 aliphatic heterocycles. The van der Waals surface area contributed by atoms with Gasteiger partial charge >= 0.3 is 5.97 Å². The van der Waals surface area contributed by atoms with E-state index in [0.29, 0.717) is 0 Å². The Kier molecular flexibility index (Phi) is 4.43. The topological polar surface area (TPSA) is 189 Å². The van der Waals surface area contributed by atoms with Crippen LogP contribution in [0.5, 0.6) is 0 Å². The minimum absolute atomic E-state index is 0.0203. The maximum atomic E-state index is 11.1. The van der Waals surface area contributed by atoms with Crippen LogP contribution in [-0.4, -0.2) is 76.9 Å². The standard InChI is InChI=1S/C13H18N6O6/c1-4(12(23)24)17-13-18-6-9(14)15-3-16-10(6)19(13)11-8(22)7(21)5(2-20)25-11/h3-5,7-8,11,20-22H,2H2,1H3,(H,17,18)(H,23,24)(H2,14,15,16)/t4?,5-,7-,8-,11-/m1/s1. The van der Waals surface area contributed by atoms with Gasteiger partial charge in [-0.1, -0.05) is 0 Å². The number of rotatable bonds is 5. The van der Waals surface area contributed by atoms with Crippen molar-refractivity contribution in [2.75, 3.05) is 17.7 Å². The highest BCUT2D eigenvalue weighted by molar-refractivity contribution is 5.85. The van der Waals surface area contributed by atoms with E-state index in [1.807, 2.05) is 0 Å². The molecule has 0 amide bonds. The van der Waals surface area contributed by atoms with Crippen LogP contribution in [0, 0.1) is 0 Å². The predicted octanol–water partition coefficient (Wildman–Crippen LogP) is -2.09. The van der Waals surface area contributed by atoms with E-state index in [1.165, 1.54) is 17.8 Å². The minimum atomic E-state index is -1.40. The van der Waals surface area contributed by atoms with Crippen LogP contribution in [0.4, 0.5) is 11.8 Å². The monoisotopic (exact) mass is 354 g/mol. The van der Waals surface area contributed by atoms with E-state index in [9.17, 15) is 20.1 Å². The van der Waals surface area contributed by atoms with Crippen molar-refractivity contribution in [3.63, 3.8) is 0 Å². The summed E-state index contributed by atoms with van der Waals surface area (Å²) in [6.07, 6.45) is -3.72. The van der Waals surface area contributed by atoms with Crippen LogP contribution in [0.15, 0.2) is 6.33 Å². The number of carboxylic acid groups (broad SMARTS) is 1. The van der Waals surface area contributed by atoms with Gasteiger partial charge < -0.3 is 36.2 Å². The van der Waals surface area contributed by atoms with Crippen molar-refractivity contribution in [2.45, 2.75) is 37.5 Å². The molecule has 0 radical (unpaired) electrons. The van der Waals surface area contributed by atoms with Crippen molar-refractivity contribution in [3.8, 4) is 0 Å². The van der Waals surface area contributed by atoms with Crippen LogP contribution in [0.3, 0.4) is 0 Å². The third-order valence-electron chi connectivity index (χ3n) is 3.99. The van der Waals surface area contributed by atoms with Crippen molar-refractivity contribution in [1.29, 1.82) is 0 Å². The molecule has 25 heavy (non-hydrogen) atoms. The Labute approximate surface area is 140 Å². The second kappa shape index (κ2) is 6.40. The molecule has 0 aliphatic carbocycles. The van der Waals surface area contributed by atoms with Gasteiger partial charge in [0.25, 0.3) is 0 Å². The van der Waals surface area contributed by atoms with Gasteiger partial charge in [-0.2, -0.15) is 0 Å². The number of nitrogen functional groups attached to an aromatic ring is 1. The van der Waals surface area contributed by atoms with E-state index in [2.05, 4.69) is 20.3 Å². The summed E-state index contributed by atoms with van der Waals surface area (Å²) in [5.41, 5.74) is 6.14. The number of fused-ring (bicyclic) bond motifs is 1. The van der Waals surface area contributed by atoms with Gasteiger partial charge in [0.2, 0.25) is 5.95 Å². The lowest BCUT2D eigenvalue weighted by Gasteiger charge is -2.20. The Morgan fingerprint density at radius 1 is 1.44 bits per heavy atom. The fourth-order valence-electron chi connectivity index (χ4n) is 2.62. The average Bonchev–Trinajstić information content (AvgIpc) is 3.07. The van der Waals surface area contributed by atoms with Crippen molar-refractivity contribution < 1.29 is 30.0 Å². The maximum Gasteiger partial charge on any atom is 0.325 e. The molecule has 0 saturated carbocycles. The summed E-state index contributed by atoms with van der Waals surface area (Å²) >= 11 is 0. The normalized spacial score (nSPS) is 27.5. The van der Waals surface area contributed by atoms with Gasteiger partial charge in [-0.05, 0) is 6.92 Å². The van der Waals surface area contributed by atoms with Gasteiger partial charge in [0, 0.05) is 0 Å². The van der Waals surface area contributed by atoms with Crippen molar-refractivity contribution in [3.05, 3.63) is 6.33 Å². The molecule has 136 valence electrons. The summed E-state index contributed by atoms with van der Waals surface area (Å²) < 4.78 is 6.78. The highest BCUT2D eigenvalue weighted by Crippen LogP contribution is 2.35. The molecule has 0 aromatic carbocycles. The Bertz CT molecular complexity index is 797. The summed E-state index contributed by atoms with van der Waals surface area (Å²) in [6, 6.07) is -1.01. The van der Waals surface area contributed by atoms with Crippen LogP contribution in [0.2, 0.25) is 0 Å². The van der Waals surface area contributed by atoms with Gasteiger partial charge in [0.15, 0.2) is 23.2 Å². The number of hydrogen-bond acceptors (Lipinski definition) is 10. The Hall–Kier alpha value is -2.54. The molecule has 5 atom stereocenters. The molecule has 0 bridgehead atoms. The summed E-state index contributed by atoms with van der Waals surface area (Å²) in [7, 11) is 0. The lowest BCUT2D eigenvalue weighted by Crippen LogP contribution is -2.34. The summed E-state index contributed by atoms with van der Waals surface area (Å²) in [5, 5.41) is 41.3. The number of carboxylic acids is 1. The number of aliphatic hydroxyl groups excluding tert-OH is 3. The summed E-state index contributed by atoms with van der Waals surface area (Å²) in [6.45, 7) is 0.894. The van der Waals surface area contributed by atoms with E-state index < -0.39 is 43.2 Å². The number of nitrogens with two attached hydrogens (primary N) is 1. The van der Waals surface area contributed by atoms with Crippen LogP contribution in [0.1, 0.15) is 13.2 Å². The highest BCUT2D eigenvalue weighted by Gasteiger charge is 2.45. The Balaban J connectivity index is 2.11. The zero-order chi connectivity index (χ0) is 18.3. The van der Waals surface area contributed by atoms with Crippen molar-refractivity contribution in [1.82, 2.24) is 19.5 Å². The van der Waals surface area contributed by atoms with E-state index in [0.717, 1.165) is 0 Å². The molecule has 1 fully saturated rings. The van der Waals surface area contributed by atoms with Gasteiger partial charge in [-0.15, -0.1) is 0 Å². The number of anilines is 2. The Morgan fingerprint density at radius 3 is 2.76 bits per heavy atom. The Morgan fingerprint density at radius 2 is 2.16 bits per heavy atom. The van der Waals surface area contributed by atoms with E-state index in [4.69, 9.17) is 15.6 Å². The quantitative estimate of drug-likeness (QED) is 0.345. The first-order valence-corrected chi connectivity index (χ1v) is 7.45. The first-order valence-electron chi connectivity index (χ1n) is 7.45. The SMILES string of the molecule is CC(Nc1nc2c(N)ncnc2n1[C@@H]1O[C@H](CO)[C@@H](O)[C@H]1O)C(=O)O. The number of hydrogen-bond donors (Lipinski definition) is 6. The predicted molar refractivity (Wildman–Crippen MR) is 83.5 cm³/mol. The number of nitrogens with zero attached hydrogens (tertiary/aromatic N) is 4. The molecule has 3 heterocycles. The molecule has 1 saturated heterocycles. The summed E-state index contributed by atoms with van der Waals surface area (Å²) in [4.78, 5) is 23.2. The average molecular weight is 354 g/mol. The number of nitrogens with one attached hydrogen (secondary N) is 1. The number of carbonyl (C=O) groups is 1. The zero-order valence-corrected chi connectivity index (χ0v) is 13.1. The molecule has 2 aromatic heterocycles. The third kappa shape index (κ3) is 2.84.